The summed E-state index contributed by atoms with van der Waals surface area (Å²) in [6, 6.07) is 12.7. The maximum absolute atomic E-state index is 4.27. The van der Waals surface area contributed by atoms with Gasteiger partial charge in [0.15, 0.2) is 11.9 Å². The van der Waals surface area contributed by atoms with E-state index in [0.717, 1.165) is 0 Å². The molecule has 0 amide bonds. The predicted octanol–water partition coefficient (Wildman–Crippen LogP) is 2.87. The molecule has 0 spiro atoms. The van der Waals surface area contributed by atoms with Crippen molar-refractivity contribution < 1.29 is 9.13 Å². The van der Waals surface area contributed by atoms with Gasteiger partial charge in [-0.05, 0) is 32.4 Å². The smallest absolute Gasteiger partial charge is 0.200 e. The number of pyridine rings is 1. The molecule has 0 saturated heterocycles. The van der Waals surface area contributed by atoms with Crippen LogP contribution in [0.2, 0.25) is 0 Å². The molecule has 0 radical (unpaired) electrons. The molecule has 0 bridgehead atoms. The van der Waals surface area contributed by atoms with Gasteiger partial charge in [-0.3, -0.25) is 0 Å². The minimum atomic E-state index is 1.17. The Morgan fingerprint density at radius 2 is 1.50 bits per heavy atom. The van der Waals surface area contributed by atoms with Gasteiger partial charge in [-0.1, -0.05) is 11.1 Å². The van der Waals surface area contributed by atoms with Crippen molar-refractivity contribution in [2.45, 2.75) is 27.7 Å². The average Bonchev–Trinajstić information content (AvgIpc) is 2.51. The Balaban J connectivity index is 2.28. The van der Waals surface area contributed by atoms with Gasteiger partial charge in [-0.15, -0.1) is 0 Å². The number of aryl methyl sites for hydroxylation is 3. The molecule has 0 aliphatic heterocycles. The van der Waals surface area contributed by atoms with Crippen molar-refractivity contribution in [1.29, 1.82) is 0 Å². The third kappa shape index (κ3) is 2.50. The molecule has 110 valence electrons. The Morgan fingerprint density at radius 1 is 0.818 bits per heavy atom. The Kier molecular flexibility index (Phi) is 3.72. The minimum Gasteiger partial charge on any atom is -0.200 e. The molecule has 3 heteroatoms. The number of nitrogens with zero attached hydrogens (tertiary/aromatic N) is 3. The summed E-state index contributed by atoms with van der Waals surface area (Å²) in [6.45, 7) is 8.54. The number of aromatic nitrogens is 3. The normalized spacial score (nSPS) is 10.7. The minimum absolute atomic E-state index is 1.17. The highest BCUT2D eigenvalue weighted by molar-refractivity contribution is 5.47. The predicted molar refractivity (Wildman–Crippen MR) is 86.2 cm³/mol. The summed E-state index contributed by atoms with van der Waals surface area (Å²) in [5, 5.41) is 0. The second-order valence-corrected chi connectivity index (χ2v) is 5.73. The van der Waals surface area contributed by atoms with E-state index in [-0.39, 0.29) is 0 Å². The van der Waals surface area contributed by atoms with Gasteiger partial charge in [0.25, 0.3) is 6.33 Å². The van der Waals surface area contributed by atoms with Gasteiger partial charge in [0.1, 0.15) is 17.6 Å². The molecular formula is C19H21N3+2. The SMILES string of the molecule is Cc1cc(-[n+]2ccccc2C)c(C)c(-[n+]2cnccc2C)c1. The van der Waals surface area contributed by atoms with E-state index in [2.05, 4.69) is 78.3 Å². The van der Waals surface area contributed by atoms with Gasteiger partial charge in [0.2, 0.25) is 5.69 Å². The van der Waals surface area contributed by atoms with Crippen LogP contribution in [-0.4, -0.2) is 4.98 Å². The number of hydrogen-bond acceptors (Lipinski definition) is 1. The summed E-state index contributed by atoms with van der Waals surface area (Å²) < 4.78 is 4.38. The molecular weight excluding hydrogens is 270 g/mol. The van der Waals surface area contributed by atoms with Crippen LogP contribution in [0.25, 0.3) is 11.4 Å². The first-order chi connectivity index (χ1) is 10.6. The van der Waals surface area contributed by atoms with Gasteiger partial charge >= 0.3 is 0 Å². The zero-order valence-corrected chi connectivity index (χ0v) is 13.5. The third-order valence-electron chi connectivity index (χ3n) is 4.04. The van der Waals surface area contributed by atoms with Crippen molar-refractivity contribution in [3.8, 4) is 11.4 Å². The van der Waals surface area contributed by atoms with Crippen LogP contribution in [-0.2, 0) is 0 Å². The lowest BCUT2D eigenvalue weighted by molar-refractivity contribution is -0.613. The zero-order valence-electron chi connectivity index (χ0n) is 13.5. The van der Waals surface area contributed by atoms with E-state index in [9.17, 15) is 0 Å². The number of rotatable bonds is 2. The van der Waals surface area contributed by atoms with E-state index in [1.54, 1.807) is 0 Å². The van der Waals surface area contributed by atoms with E-state index < -0.39 is 0 Å². The highest BCUT2D eigenvalue weighted by Crippen LogP contribution is 2.18. The van der Waals surface area contributed by atoms with E-state index in [1.165, 1.54) is 33.9 Å². The molecule has 0 unspecified atom stereocenters. The van der Waals surface area contributed by atoms with Crippen molar-refractivity contribution in [3.63, 3.8) is 0 Å². The van der Waals surface area contributed by atoms with Gasteiger partial charge in [-0.2, -0.15) is 9.13 Å². The largest absolute Gasteiger partial charge is 0.291 e. The molecule has 0 fully saturated rings. The van der Waals surface area contributed by atoms with Gasteiger partial charge in [-0.25, -0.2) is 0 Å². The van der Waals surface area contributed by atoms with Crippen LogP contribution in [0.1, 0.15) is 22.5 Å². The van der Waals surface area contributed by atoms with Gasteiger partial charge in [0, 0.05) is 31.2 Å². The lowest BCUT2D eigenvalue weighted by Crippen LogP contribution is -2.39. The van der Waals surface area contributed by atoms with Crippen molar-refractivity contribution >= 4 is 0 Å². The van der Waals surface area contributed by atoms with Crippen molar-refractivity contribution in [1.82, 2.24) is 4.98 Å². The Bertz CT molecular complexity index is 771. The molecule has 22 heavy (non-hydrogen) atoms. The van der Waals surface area contributed by atoms with E-state index in [0.29, 0.717) is 0 Å². The Hall–Kier alpha value is -2.55. The third-order valence-corrected chi connectivity index (χ3v) is 4.04. The van der Waals surface area contributed by atoms with Crippen molar-refractivity contribution in [2.24, 2.45) is 0 Å². The lowest BCUT2D eigenvalue weighted by Gasteiger charge is -2.10. The van der Waals surface area contributed by atoms with Crippen LogP contribution < -0.4 is 9.13 Å². The average molecular weight is 291 g/mol. The molecule has 0 aliphatic carbocycles. The first kappa shape index (κ1) is 14.4. The zero-order chi connectivity index (χ0) is 15.7. The van der Waals surface area contributed by atoms with Crippen LogP contribution in [0.3, 0.4) is 0 Å². The molecule has 2 heterocycles. The van der Waals surface area contributed by atoms with Crippen molar-refractivity contribution in [3.05, 3.63) is 77.6 Å². The van der Waals surface area contributed by atoms with Crippen LogP contribution >= 0.6 is 0 Å². The molecule has 2 aromatic heterocycles. The van der Waals surface area contributed by atoms with Gasteiger partial charge in [0.05, 0.1) is 5.56 Å². The van der Waals surface area contributed by atoms with E-state index in [4.69, 9.17) is 0 Å². The first-order valence-electron chi connectivity index (χ1n) is 7.49. The molecule has 3 rings (SSSR count). The molecule has 0 aliphatic rings. The van der Waals surface area contributed by atoms with Crippen LogP contribution in [0.4, 0.5) is 0 Å². The maximum atomic E-state index is 4.27. The van der Waals surface area contributed by atoms with Crippen LogP contribution in [0.15, 0.2) is 55.1 Å². The molecule has 1 aromatic carbocycles. The van der Waals surface area contributed by atoms with Crippen molar-refractivity contribution in [2.75, 3.05) is 0 Å². The Morgan fingerprint density at radius 3 is 2.18 bits per heavy atom. The fourth-order valence-corrected chi connectivity index (χ4v) is 2.80. The summed E-state index contributed by atoms with van der Waals surface area (Å²) in [7, 11) is 0. The standard InChI is InChI=1S/C19H21N3/c1-14-11-18(21-10-6-5-7-15(21)2)17(4)19(12-14)22-13-20-9-8-16(22)3/h5-13H,1-4H3/q+2. The first-order valence-corrected chi connectivity index (χ1v) is 7.49. The second kappa shape index (κ2) is 5.68. The summed E-state index contributed by atoms with van der Waals surface area (Å²) >= 11 is 0. The topological polar surface area (TPSA) is 20.6 Å². The quantitative estimate of drug-likeness (QED) is 0.665. The van der Waals surface area contributed by atoms with E-state index in [1.807, 2.05) is 18.6 Å². The number of hydrogen-bond donors (Lipinski definition) is 0. The van der Waals surface area contributed by atoms with Crippen LogP contribution in [0.5, 0.6) is 0 Å². The molecule has 3 aromatic rings. The summed E-state index contributed by atoms with van der Waals surface area (Å²) in [5.74, 6) is 0. The van der Waals surface area contributed by atoms with Crippen LogP contribution in [0, 0.1) is 27.7 Å². The summed E-state index contributed by atoms with van der Waals surface area (Å²) in [4.78, 5) is 4.27. The summed E-state index contributed by atoms with van der Waals surface area (Å²) in [5.41, 5.74) is 7.26. The Labute approximate surface area is 131 Å². The maximum Gasteiger partial charge on any atom is 0.291 e. The lowest BCUT2D eigenvalue weighted by atomic mass is 10.1. The molecule has 0 atom stereocenters. The molecule has 0 N–H and O–H groups in total. The fourth-order valence-electron chi connectivity index (χ4n) is 2.80. The fraction of sp³-hybridized carbons (Fsp3) is 0.211. The number of benzene rings is 1. The molecule has 0 saturated carbocycles. The highest BCUT2D eigenvalue weighted by Gasteiger charge is 2.20. The van der Waals surface area contributed by atoms with Gasteiger partial charge < -0.3 is 0 Å². The monoisotopic (exact) mass is 291 g/mol. The summed E-state index contributed by atoms with van der Waals surface area (Å²) in [6.07, 6.45) is 5.82. The second-order valence-electron chi connectivity index (χ2n) is 5.73. The molecule has 3 nitrogen and oxygen atoms in total. The highest BCUT2D eigenvalue weighted by atomic mass is 15.0. The van der Waals surface area contributed by atoms with E-state index >= 15 is 0 Å².